The van der Waals surface area contributed by atoms with E-state index in [1.165, 1.54) is 21.0 Å². The van der Waals surface area contributed by atoms with Crippen LogP contribution in [0.15, 0.2) is 60.7 Å². The Morgan fingerprint density at radius 3 is 2.42 bits per heavy atom. The first-order chi connectivity index (χ1) is 20.7. The van der Waals surface area contributed by atoms with E-state index in [0.29, 0.717) is 19.4 Å². The summed E-state index contributed by atoms with van der Waals surface area (Å²) >= 11 is 0. The average Bonchev–Trinajstić information content (AvgIpc) is 3.00. The van der Waals surface area contributed by atoms with Gasteiger partial charge in [0.2, 0.25) is 18.2 Å². The molecule has 0 radical (unpaired) electrons. The monoisotopic (exact) mass is 601 g/mol. The van der Waals surface area contributed by atoms with Crippen LogP contribution >= 0.6 is 0 Å². The number of carboxylic acid groups (broad SMARTS) is 1. The van der Waals surface area contributed by atoms with E-state index in [0.717, 1.165) is 38.0 Å². The van der Waals surface area contributed by atoms with Crippen LogP contribution in [0.5, 0.6) is 5.75 Å². The second-order valence-corrected chi connectivity index (χ2v) is 9.81. The number of benzene rings is 1. The van der Waals surface area contributed by atoms with Gasteiger partial charge in [0.05, 0.1) is 13.7 Å². The van der Waals surface area contributed by atoms with E-state index in [1.54, 1.807) is 31.1 Å². The Morgan fingerprint density at radius 2 is 1.91 bits per heavy atom. The number of hydrazine groups is 1. The standard InChI is InChI=1S/C22H36N4O3.C9H13NO.CH2O2/c1-6-9-10-13-19(8-3)14-11-15-23(4)22(29)20(12-7-2)26-17-25(18-27)24(5)16-21(26)28;1-10-7-8-3-5-9(11-2)6-4-8;2-1-3/h6,8,10,13,18,20H,1,7,9,11-12,14-17H2,2-5H3;3-6,10H,7H2,1-2H3;1H,(H,2,3)/b13-10-,19-8+;;. The molecule has 0 bridgehead atoms. The van der Waals surface area contributed by atoms with Crippen LogP contribution in [-0.4, -0.2) is 104 Å². The topological polar surface area (TPSA) is 123 Å². The quantitative estimate of drug-likeness (QED) is 0.177. The van der Waals surface area contributed by atoms with Crippen molar-refractivity contribution in [2.75, 3.05) is 48.0 Å². The lowest BCUT2D eigenvalue weighted by Gasteiger charge is -2.43. The Hall–Kier alpha value is -3.96. The highest BCUT2D eigenvalue weighted by atomic mass is 16.5. The largest absolute Gasteiger partial charge is 0.497 e. The van der Waals surface area contributed by atoms with Gasteiger partial charge in [0.25, 0.3) is 6.47 Å². The number of likely N-dealkylation sites (N-methyl/N-ethyl adjacent to an activating group) is 2. The maximum Gasteiger partial charge on any atom is 0.290 e. The molecule has 11 heteroatoms. The lowest BCUT2D eigenvalue weighted by atomic mass is 10.1. The molecule has 43 heavy (non-hydrogen) atoms. The van der Waals surface area contributed by atoms with Gasteiger partial charge in [-0.3, -0.25) is 24.2 Å². The average molecular weight is 602 g/mol. The number of methoxy groups -OCH3 is 1. The third kappa shape index (κ3) is 15.2. The van der Waals surface area contributed by atoms with Gasteiger partial charge in [0.1, 0.15) is 18.5 Å². The summed E-state index contributed by atoms with van der Waals surface area (Å²) < 4.78 is 5.03. The highest BCUT2D eigenvalue weighted by Gasteiger charge is 2.36. The zero-order valence-corrected chi connectivity index (χ0v) is 26.7. The molecule has 0 spiro atoms. The summed E-state index contributed by atoms with van der Waals surface area (Å²) in [4.78, 5) is 48.5. The summed E-state index contributed by atoms with van der Waals surface area (Å²) in [6, 6.07) is 7.49. The highest BCUT2D eigenvalue weighted by molar-refractivity contribution is 5.88. The SMILES string of the molecule is C=CC/C=C\C(=C/C)CCCN(C)C(=O)C(CCC)N1CN(C=O)N(C)CC1=O.CNCc1ccc(OC)cc1.O=CO. The van der Waals surface area contributed by atoms with E-state index in [2.05, 4.69) is 42.3 Å². The molecule has 0 aliphatic carbocycles. The predicted molar refractivity (Wildman–Crippen MR) is 170 cm³/mol. The van der Waals surface area contributed by atoms with Crippen LogP contribution in [0, 0.1) is 0 Å². The van der Waals surface area contributed by atoms with Crippen molar-refractivity contribution >= 4 is 24.7 Å². The van der Waals surface area contributed by atoms with E-state index < -0.39 is 6.04 Å². The number of hydrogen-bond donors (Lipinski definition) is 2. The van der Waals surface area contributed by atoms with Gasteiger partial charge in [-0.2, -0.15) is 0 Å². The fourth-order valence-corrected chi connectivity index (χ4v) is 4.26. The summed E-state index contributed by atoms with van der Waals surface area (Å²) in [6.45, 7) is 9.19. The number of nitrogens with one attached hydrogen (secondary N) is 1. The third-order valence-corrected chi connectivity index (χ3v) is 6.65. The number of allylic oxidation sites excluding steroid dienone is 5. The normalized spacial score (nSPS) is 14.2. The van der Waals surface area contributed by atoms with Gasteiger partial charge in [-0.25, -0.2) is 5.01 Å². The Balaban J connectivity index is 0.00000104. The predicted octanol–water partition coefficient (Wildman–Crippen LogP) is 3.69. The minimum absolute atomic E-state index is 0.0696. The molecule has 2 N–H and O–H groups in total. The van der Waals surface area contributed by atoms with Gasteiger partial charge >= 0.3 is 0 Å². The molecule has 1 saturated heterocycles. The van der Waals surface area contributed by atoms with Gasteiger partial charge < -0.3 is 25.0 Å². The van der Waals surface area contributed by atoms with E-state index in [1.807, 2.05) is 39.1 Å². The fraction of sp³-hybridized carbons (Fsp3) is 0.500. The van der Waals surface area contributed by atoms with Gasteiger partial charge in [-0.05, 0) is 57.4 Å². The van der Waals surface area contributed by atoms with Gasteiger partial charge in [0, 0.05) is 27.2 Å². The van der Waals surface area contributed by atoms with Gasteiger partial charge in [-0.15, -0.1) is 6.58 Å². The maximum atomic E-state index is 13.1. The van der Waals surface area contributed by atoms with Crippen LogP contribution in [0.3, 0.4) is 0 Å². The van der Waals surface area contributed by atoms with Crippen molar-refractivity contribution in [1.29, 1.82) is 0 Å². The van der Waals surface area contributed by atoms with E-state index in [-0.39, 0.29) is 31.5 Å². The summed E-state index contributed by atoms with van der Waals surface area (Å²) in [7, 11) is 7.08. The van der Waals surface area contributed by atoms with Crippen LogP contribution in [0.1, 0.15) is 51.5 Å². The Bertz CT molecular complexity index is 1030. The Kier molecular flexibility index (Phi) is 21.4. The molecule has 1 fully saturated rings. The number of carbonyl (C=O) groups is 4. The molecule has 1 aliphatic rings. The van der Waals surface area contributed by atoms with Crippen molar-refractivity contribution in [3.63, 3.8) is 0 Å². The van der Waals surface area contributed by atoms with Gasteiger partial charge in [0.15, 0.2) is 0 Å². The number of amides is 3. The van der Waals surface area contributed by atoms with Crippen LogP contribution in [0.4, 0.5) is 0 Å². The second kappa shape index (κ2) is 23.6. The van der Waals surface area contributed by atoms with Crippen LogP contribution in [-0.2, 0) is 25.7 Å². The molecular weight excluding hydrogens is 550 g/mol. The van der Waals surface area contributed by atoms with E-state index >= 15 is 0 Å². The second-order valence-electron chi connectivity index (χ2n) is 9.81. The Morgan fingerprint density at radius 1 is 1.26 bits per heavy atom. The Labute approximate surface area is 257 Å². The molecule has 1 unspecified atom stereocenters. The summed E-state index contributed by atoms with van der Waals surface area (Å²) in [5.74, 6) is 0.707. The molecule has 0 saturated carbocycles. The number of rotatable bonds is 15. The zero-order valence-electron chi connectivity index (χ0n) is 26.7. The number of hydrogen-bond acceptors (Lipinski definition) is 7. The first kappa shape index (κ1) is 39.0. The van der Waals surface area contributed by atoms with Crippen molar-refractivity contribution in [2.45, 2.75) is 58.5 Å². The van der Waals surface area contributed by atoms with E-state index in [4.69, 9.17) is 14.6 Å². The maximum absolute atomic E-state index is 13.1. The number of nitrogens with zero attached hydrogens (tertiary/aromatic N) is 4. The molecule has 1 aliphatic heterocycles. The minimum Gasteiger partial charge on any atom is -0.497 e. The molecular formula is C32H51N5O6. The molecule has 3 amide bonds. The molecule has 1 aromatic rings. The zero-order chi connectivity index (χ0) is 32.6. The van der Waals surface area contributed by atoms with Crippen LogP contribution < -0.4 is 10.1 Å². The first-order valence-electron chi connectivity index (χ1n) is 14.4. The molecule has 0 aromatic heterocycles. The van der Waals surface area contributed by atoms with Crippen molar-refractivity contribution in [1.82, 2.24) is 25.1 Å². The minimum atomic E-state index is -0.540. The number of carbonyl (C=O) groups excluding carboxylic acids is 3. The summed E-state index contributed by atoms with van der Waals surface area (Å²) in [5.41, 5.74) is 2.50. The fourth-order valence-electron chi connectivity index (χ4n) is 4.26. The van der Waals surface area contributed by atoms with Crippen LogP contribution in [0.2, 0.25) is 0 Å². The van der Waals surface area contributed by atoms with Gasteiger partial charge in [-0.1, -0.05) is 55.4 Å². The van der Waals surface area contributed by atoms with E-state index in [9.17, 15) is 14.4 Å². The molecule has 11 nitrogen and oxygen atoms in total. The number of ether oxygens (including phenoxy) is 1. The summed E-state index contributed by atoms with van der Waals surface area (Å²) in [5, 5.41) is 13.0. The lowest BCUT2D eigenvalue weighted by Crippen LogP contribution is -2.62. The van der Waals surface area contributed by atoms with Crippen molar-refractivity contribution in [2.24, 2.45) is 0 Å². The summed E-state index contributed by atoms with van der Waals surface area (Å²) in [6.07, 6.45) is 12.7. The smallest absolute Gasteiger partial charge is 0.290 e. The molecule has 2 rings (SSSR count). The molecule has 1 aromatic carbocycles. The van der Waals surface area contributed by atoms with Crippen molar-refractivity contribution < 1.29 is 29.0 Å². The third-order valence-electron chi connectivity index (χ3n) is 6.65. The van der Waals surface area contributed by atoms with Crippen molar-refractivity contribution in [3.05, 3.63) is 66.3 Å². The molecule has 1 atom stereocenters. The lowest BCUT2D eigenvalue weighted by molar-refractivity contribution is -0.170. The van der Waals surface area contributed by atoms with Crippen molar-refractivity contribution in [3.8, 4) is 5.75 Å². The molecule has 240 valence electrons. The first-order valence-corrected chi connectivity index (χ1v) is 14.4. The van der Waals surface area contributed by atoms with Crippen LogP contribution in [0.25, 0.3) is 0 Å². The highest BCUT2D eigenvalue weighted by Crippen LogP contribution is 2.17. The molecule has 1 heterocycles.